The van der Waals surface area contributed by atoms with Gasteiger partial charge in [-0.25, -0.2) is 9.79 Å². The Labute approximate surface area is 153 Å². The number of rotatable bonds is 2. The van der Waals surface area contributed by atoms with Crippen LogP contribution in [0.5, 0.6) is 0 Å². The highest BCUT2D eigenvalue weighted by molar-refractivity contribution is 6.03. The molecule has 2 atom stereocenters. The van der Waals surface area contributed by atoms with Gasteiger partial charge in [-0.1, -0.05) is 30.3 Å². The minimum atomic E-state index is -0.479. The number of imide groups is 1. The lowest BCUT2D eigenvalue weighted by atomic mass is 10.1. The number of hydrogen-bond acceptors (Lipinski definition) is 6. The van der Waals surface area contributed by atoms with Gasteiger partial charge in [0.15, 0.2) is 18.2 Å². The molecule has 8 nitrogen and oxygen atoms in total. The summed E-state index contributed by atoms with van der Waals surface area (Å²) >= 11 is 0. The molecule has 0 aliphatic carbocycles. The Bertz CT molecular complexity index is 730. The van der Waals surface area contributed by atoms with Crippen LogP contribution in [0.2, 0.25) is 0 Å². The zero-order chi connectivity index (χ0) is 18.3. The number of likely N-dealkylation sites (N-methyl/N-ethyl adjacent to an activating group) is 2. The molecule has 2 saturated heterocycles. The second-order valence-electron chi connectivity index (χ2n) is 6.93. The summed E-state index contributed by atoms with van der Waals surface area (Å²) in [6, 6.07) is 9.29. The summed E-state index contributed by atoms with van der Waals surface area (Å²) < 4.78 is 0. The Hall–Kier alpha value is -2.61. The number of nitrogens with one attached hydrogen (secondary N) is 1. The SMILES string of the molecule is CN1C(=O)C2C(N=C(N3CCNCC3)N2Cc2ccccc2)N(C)C1=O. The fraction of sp³-hybridized carbons (Fsp3) is 0.500. The lowest BCUT2D eigenvalue weighted by molar-refractivity contribution is -0.136. The predicted molar refractivity (Wildman–Crippen MR) is 97.4 cm³/mol. The van der Waals surface area contributed by atoms with Crippen LogP contribution < -0.4 is 5.32 Å². The molecule has 1 N–H and O–H groups in total. The zero-order valence-corrected chi connectivity index (χ0v) is 15.1. The third-order valence-electron chi connectivity index (χ3n) is 5.29. The number of benzene rings is 1. The molecule has 1 aromatic rings. The normalized spacial score (nSPS) is 26.3. The van der Waals surface area contributed by atoms with Crippen molar-refractivity contribution in [1.29, 1.82) is 0 Å². The largest absolute Gasteiger partial charge is 0.340 e. The van der Waals surface area contributed by atoms with E-state index in [-0.39, 0.29) is 11.9 Å². The predicted octanol–water partition coefficient (Wildman–Crippen LogP) is -0.0181. The van der Waals surface area contributed by atoms with Crippen molar-refractivity contribution in [2.75, 3.05) is 40.3 Å². The van der Waals surface area contributed by atoms with E-state index in [1.165, 1.54) is 4.90 Å². The molecule has 2 unspecified atom stereocenters. The minimum absolute atomic E-state index is 0.192. The highest BCUT2D eigenvalue weighted by Gasteiger charge is 2.51. The second kappa shape index (κ2) is 6.60. The lowest BCUT2D eigenvalue weighted by Crippen LogP contribution is -2.64. The summed E-state index contributed by atoms with van der Waals surface area (Å²) in [5.41, 5.74) is 1.12. The summed E-state index contributed by atoms with van der Waals surface area (Å²) in [4.78, 5) is 37.1. The smallest absolute Gasteiger partial charge is 0.328 e. The molecule has 8 heteroatoms. The Morgan fingerprint density at radius 1 is 1.12 bits per heavy atom. The molecular weight excluding hydrogens is 332 g/mol. The molecular formula is C18H24N6O2. The average molecular weight is 356 g/mol. The highest BCUT2D eigenvalue weighted by Crippen LogP contribution is 2.29. The van der Waals surface area contributed by atoms with Crippen LogP contribution in [0.1, 0.15) is 5.56 Å². The van der Waals surface area contributed by atoms with Crippen molar-refractivity contribution >= 4 is 17.9 Å². The van der Waals surface area contributed by atoms with E-state index in [4.69, 9.17) is 4.99 Å². The molecule has 2 fully saturated rings. The van der Waals surface area contributed by atoms with Crippen molar-refractivity contribution in [3.63, 3.8) is 0 Å². The Balaban J connectivity index is 1.70. The standard InChI is InChI=1S/C18H24N6O2/c1-21-15-14(16(25)22(2)18(21)26)24(12-13-6-4-3-5-7-13)17(20-15)23-10-8-19-9-11-23/h3-7,14-15,19H,8-12H2,1-2H3. The molecule has 3 aliphatic rings. The van der Waals surface area contributed by atoms with Crippen LogP contribution >= 0.6 is 0 Å². The molecule has 0 aromatic heterocycles. The second-order valence-corrected chi connectivity index (χ2v) is 6.93. The minimum Gasteiger partial charge on any atom is -0.340 e. The van der Waals surface area contributed by atoms with E-state index in [2.05, 4.69) is 27.2 Å². The van der Waals surface area contributed by atoms with Gasteiger partial charge in [-0.2, -0.15) is 0 Å². The number of nitrogens with zero attached hydrogens (tertiary/aromatic N) is 5. The molecule has 26 heavy (non-hydrogen) atoms. The maximum atomic E-state index is 12.9. The molecule has 0 spiro atoms. The average Bonchev–Trinajstić information content (AvgIpc) is 3.05. The number of guanidine groups is 1. The Kier molecular flexibility index (Phi) is 4.28. The third-order valence-corrected chi connectivity index (χ3v) is 5.29. The van der Waals surface area contributed by atoms with Crippen LogP contribution in [0, 0.1) is 0 Å². The number of amides is 3. The molecule has 0 bridgehead atoms. The summed E-state index contributed by atoms with van der Waals surface area (Å²) in [7, 11) is 3.26. The van der Waals surface area contributed by atoms with Crippen molar-refractivity contribution in [2.24, 2.45) is 4.99 Å². The first-order valence-corrected chi connectivity index (χ1v) is 8.96. The van der Waals surface area contributed by atoms with E-state index in [9.17, 15) is 9.59 Å². The molecule has 1 aromatic carbocycles. The summed E-state index contributed by atoms with van der Waals surface area (Å²) in [6.07, 6.45) is -0.472. The number of urea groups is 1. The van der Waals surface area contributed by atoms with E-state index in [0.29, 0.717) is 6.54 Å². The van der Waals surface area contributed by atoms with Gasteiger partial charge >= 0.3 is 6.03 Å². The van der Waals surface area contributed by atoms with Crippen LogP contribution in [0.3, 0.4) is 0 Å². The number of carbonyl (C=O) groups excluding carboxylic acids is 2. The lowest BCUT2D eigenvalue weighted by Gasteiger charge is -2.41. The van der Waals surface area contributed by atoms with E-state index in [1.54, 1.807) is 19.0 Å². The van der Waals surface area contributed by atoms with Crippen LogP contribution in [-0.4, -0.2) is 90.0 Å². The van der Waals surface area contributed by atoms with Crippen LogP contribution in [-0.2, 0) is 11.3 Å². The van der Waals surface area contributed by atoms with E-state index in [1.807, 2.05) is 18.2 Å². The van der Waals surface area contributed by atoms with Gasteiger partial charge in [-0.3, -0.25) is 9.69 Å². The van der Waals surface area contributed by atoms with Gasteiger partial charge in [0, 0.05) is 46.8 Å². The zero-order valence-electron chi connectivity index (χ0n) is 15.1. The summed E-state index contributed by atoms with van der Waals surface area (Å²) in [5, 5.41) is 3.34. The fourth-order valence-corrected chi connectivity index (χ4v) is 3.83. The van der Waals surface area contributed by atoms with Crippen molar-refractivity contribution in [1.82, 2.24) is 24.9 Å². The maximum Gasteiger partial charge on any atom is 0.328 e. The van der Waals surface area contributed by atoms with E-state index in [0.717, 1.165) is 37.7 Å². The molecule has 3 aliphatic heterocycles. The quantitative estimate of drug-likeness (QED) is 0.807. The van der Waals surface area contributed by atoms with Gasteiger partial charge in [0.2, 0.25) is 0 Å². The van der Waals surface area contributed by atoms with Crippen molar-refractivity contribution in [3.8, 4) is 0 Å². The Morgan fingerprint density at radius 2 is 1.81 bits per heavy atom. The third kappa shape index (κ3) is 2.70. The number of carbonyl (C=O) groups is 2. The van der Waals surface area contributed by atoms with Gasteiger partial charge in [0.1, 0.15) is 0 Å². The molecule has 0 saturated carbocycles. The van der Waals surface area contributed by atoms with Crippen molar-refractivity contribution in [2.45, 2.75) is 18.8 Å². The molecule has 138 valence electrons. The van der Waals surface area contributed by atoms with Crippen LogP contribution in [0.4, 0.5) is 4.79 Å². The highest BCUT2D eigenvalue weighted by atomic mass is 16.2. The van der Waals surface area contributed by atoms with E-state index < -0.39 is 12.2 Å². The number of piperazine rings is 1. The molecule has 3 heterocycles. The molecule has 0 radical (unpaired) electrons. The van der Waals surface area contributed by atoms with Gasteiger partial charge in [0.25, 0.3) is 5.91 Å². The van der Waals surface area contributed by atoms with Gasteiger partial charge in [0.05, 0.1) is 0 Å². The maximum absolute atomic E-state index is 12.9. The first-order chi connectivity index (χ1) is 12.6. The number of aliphatic imine (C=N–C) groups is 1. The Morgan fingerprint density at radius 3 is 2.50 bits per heavy atom. The number of hydrogen-bond donors (Lipinski definition) is 1. The summed E-state index contributed by atoms with van der Waals surface area (Å²) in [5.74, 6) is 0.622. The van der Waals surface area contributed by atoms with Crippen molar-refractivity contribution in [3.05, 3.63) is 35.9 Å². The van der Waals surface area contributed by atoms with Crippen LogP contribution in [0.25, 0.3) is 0 Å². The van der Waals surface area contributed by atoms with Gasteiger partial charge in [-0.05, 0) is 5.56 Å². The molecule has 3 amide bonds. The van der Waals surface area contributed by atoms with Crippen molar-refractivity contribution < 1.29 is 9.59 Å². The number of fused-ring (bicyclic) bond motifs is 1. The first-order valence-electron chi connectivity index (χ1n) is 8.96. The molecule has 4 rings (SSSR count). The monoisotopic (exact) mass is 356 g/mol. The van der Waals surface area contributed by atoms with E-state index >= 15 is 0 Å². The van der Waals surface area contributed by atoms with Gasteiger partial charge < -0.3 is 20.0 Å². The first kappa shape index (κ1) is 16.8. The fourth-order valence-electron chi connectivity index (χ4n) is 3.83. The topological polar surface area (TPSA) is 71.5 Å². The van der Waals surface area contributed by atoms with Gasteiger partial charge in [-0.15, -0.1) is 0 Å². The summed E-state index contributed by atoms with van der Waals surface area (Å²) in [6.45, 7) is 4.04. The van der Waals surface area contributed by atoms with Crippen LogP contribution in [0.15, 0.2) is 35.3 Å².